The van der Waals surface area contributed by atoms with Crippen LogP contribution in [0, 0.1) is 0 Å². The van der Waals surface area contributed by atoms with Crippen LogP contribution in [0.25, 0.3) is 0 Å². The van der Waals surface area contributed by atoms with Gasteiger partial charge in [0.05, 0.1) is 12.1 Å². The monoisotopic (exact) mass is 267 g/mol. The molecule has 0 spiro atoms. The third kappa shape index (κ3) is 2.94. The van der Waals surface area contributed by atoms with E-state index in [4.69, 9.17) is 19.7 Å². The number of fused-ring (bicyclic) bond motifs is 1. The number of aliphatic hydroxyl groups is 1. The van der Waals surface area contributed by atoms with E-state index in [2.05, 4.69) is 5.32 Å². The molecule has 0 saturated carbocycles. The van der Waals surface area contributed by atoms with Gasteiger partial charge in [-0.25, -0.2) is 4.79 Å². The molecule has 0 aliphatic carbocycles. The number of amides is 1. The van der Waals surface area contributed by atoms with E-state index in [1.165, 1.54) is 6.07 Å². The van der Waals surface area contributed by atoms with Crippen molar-refractivity contribution in [2.24, 2.45) is 0 Å². The van der Waals surface area contributed by atoms with Crippen molar-refractivity contribution in [2.45, 2.75) is 6.10 Å². The smallest absolute Gasteiger partial charge is 0.334 e. The molecule has 0 bridgehead atoms. The third-order valence-electron chi connectivity index (χ3n) is 2.55. The highest BCUT2D eigenvalue weighted by Gasteiger charge is 2.21. The van der Waals surface area contributed by atoms with Crippen molar-refractivity contribution in [3.63, 3.8) is 0 Å². The number of rotatable bonds is 4. The summed E-state index contributed by atoms with van der Waals surface area (Å²) in [6, 6.07) is 4.85. The lowest BCUT2D eigenvalue weighted by atomic mass is 10.1. The van der Waals surface area contributed by atoms with Gasteiger partial charge in [0.2, 0.25) is 0 Å². The van der Waals surface area contributed by atoms with E-state index in [1.807, 2.05) is 0 Å². The normalized spacial score (nSPS) is 14.6. The third-order valence-corrected chi connectivity index (χ3v) is 2.55. The molecule has 2 rings (SSSR count). The molecule has 0 aromatic heterocycles. The fraction of sp³-hybridized carbons (Fsp3) is 0.333. The molecule has 19 heavy (non-hydrogen) atoms. The van der Waals surface area contributed by atoms with E-state index in [0.717, 1.165) is 0 Å². The van der Waals surface area contributed by atoms with Gasteiger partial charge in [-0.05, 0) is 12.1 Å². The van der Waals surface area contributed by atoms with Crippen LogP contribution in [0.3, 0.4) is 0 Å². The van der Waals surface area contributed by atoms with Crippen molar-refractivity contribution < 1.29 is 29.3 Å². The second kappa shape index (κ2) is 5.57. The zero-order valence-electron chi connectivity index (χ0n) is 9.96. The summed E-state index contributed by atoms with van der Waals surface area (Å²) in [6.45, 7) is 0.379. The van der Waals surface area contributed by atoms with Gasteiger partial charge in [-0.3, -0.25) is 4.79 Å². The van der Waals surface area contributed by atoms with Crippen LogP contribution in [0.1, 0.15) is 10.4 Å². The molecule has 1 atom stereocenters. The molecule has 1 amide bonds. The summed E-state index contributed by atoms with van der Waals surface area (Å²) in [4.78, 5) is 22.3. The van der Waals surface area contributed by atoms with Crippen molar-refractivity contribution in [3.05, 3.63) is 23.8 Å². The largest absolute Gasteiger partial charge is 0.486 e. The topological polar surface area (TPSA) is 105 Å². The average molecular weight is 267 g/mol. The van der Waals surface area contributed by atoms with Crippen LogP contribution in [-0.2, 0) is 4.79 Å². The fourth-order valence-corrected chi connectivity index (χ4v) is 1.62. The molecular formula is C12H13NO6. The van der Waals surface area contributed by atoms with Gasteiger partial charge in [-0.1, -0.05) is 6.07 Å². The summed E-state index contributed by atoms with van der Waals surface area (Å²) in [7, 11) is 0. The first-order valence-corrected chi connectivity index (χ1v) is 5.67. The highest BCUT2D eigenvalue weighted by Crippen LogP contribution is 2.33. The highest BCUT2D eigenvalue weighted by atomic mass is 16.6. The van der Waals surface area contributed by atoms with Gasteiger partial charge in [-0.15, -0.1) is 0 Å². The van der Waals surface area contributed by atoms with Gasteiger partial charge in [0, 0.05) is 0 Å². The van der Waals surface area contributed by atoms with Gasteiger partial charge in [-0.2, -0.15) is 0 Å². The maximum Gasteiger partial charge on any atom is 0.334 e. The Morgan fingerprint density at radius 2 is 2.05 bits per heavy atom. The van der Waals surface area contributed by atoms with E-state index in [0.29, 0.717) is 24.7 Å². The number of aliphatic carboxylic acids is 1. The fourth-order valence-electron chi connectivity index (χ4n) is 1.62. The molecule has 0 radical (unpaired) electrons. The van der Waals surface area contributed by atoms with Crippen LogP contribution in [0.15, 0.2) is 18.2 Å². The SMILES string of the molecule is O=C(NCC(O)C(=O)O)c1cccc2c1OCCO2. The lowest BCUT2D eigenvalue weighted by Gasteiger charge is -2.20. The van der Waals surface area contributed by atoms with Gasteiger partial charge >= 0.3 is 5.97 Å². The molecule has 102 valence electrons. The standard InChI is InChI=1S/C12H13NO6/c14-8(12(16)17)6-13-11(15)7-2-1-3-9-10(7)19-5-4-18-9/h1-3,8,14H,4-6H2,(H,13,15)(H,16,17). The Bertz CT molecular complexity index is 501. The van der Waals surface area contributed by atoms with E-state index in [9.17, 15) is 9.59 Å². The number of hydrogen-bond acceptors (Lipinski definition) is 5. The summed E-state index contributed by atoms with van der Waals surface area (Å²) in [5.74, 6) is -1.12. The highest BCUT2D eigenvalue weighted by molar-refractivity contribution is 5.98. The van der Waals surface area contributed by atoms with Crippen LogP contribution < -0.4 is 14.8 Å². The van der Waals surface area contributed by atoms with Crippen LogP contribution in [0.5, 0.6) is 11.5 Å². The van der Waals surface area contributed by atoms with E-state index in [1.54, 1.807) is 12.1 Å². The van der Waals surface area contributed by atoms with E-state index >= 15 is 0 Å². The Balaban J connectivity index is 2.09. The molecular weight excluding hydrogens is 254 g/mol. The molecule has 7 nitrogen and oxygen atoms in total. The second-order valence-corrected chi connectivity index (χ2v) is 3.89. The maximum atomic E-state index is 11.9. The molecule has 0 saturated heterocycles. The lowest BCUT2D eigenvalue weighted by molar-refractivity contribution is -0.146. The number of carbonyl (C=O) groups excluding carboxylic acids is 1. The number of hydrogen-bond donors (Lipinski definition) is 3. The molecule has 1 aromatic rings. The van der Waals surface area contributed by atoms with Gasteiger partial charge < -0.3 is 25.0 Å². The molecule has 1 aliphatic heterocycles. The molecule has 0 fully saturated rings. The van der Waals surface area contributed by atoms with E-state index < -0.39 is 18.0 Å². The Morgan fingerprint density at radius 3 is 2.79 bits per heavy atom. The van der Waals surface area contributed by atoms with Crippen LogP contribution in [0.2, 0.25) is 0 Å². The van der Waals surface area contributed by atoms with Crippen molar-refractivity contribution in [1.82, 2.24) is 5.32 Å². The number of benzene rings is 1. The first-order chi connectivity index (χ1) is 9.09. The van der Waals surface area contributed by atoms with Gasteiger partial charge in [0.25, 0.3) is 5.91 Å². The number of carbonyl (C=O) groups is 2. The Labute approximate surface area is 108 Å². The first kappa shape index (κ1) is 13.2. The van der Waals surface area contributed by atoms with Gasteiger partial charge in [0.15, 0.2) is 17.6 Å². The zero-order chi connectivity index (χ0) is 13.8. The number of aliphatic hydroxyl groups excluding tert-OH is 1. The quantitative estimate of drug-likeness (QED) is 0.687. The minimum absolute atomic E-state index is 0.245. The van der Waals surface area contributed by atoms with Crippen molar-refractivity contribution >= 4 is 11.9 Å². The predicted molar refractivity (Wildman–Crippen MR) is 63.4 cm³/mol. The van der Waals surface area contributed by atoms with Crippen LogP contribution >= 0.6 is 0 Å². The second-order valence-electron chi connectivity index (χ2n) is 3.89. The van der Waals surface area contributed by atoms with Crippen LogP contribution in [0.4, 0.5) is 0 Å². The summed E-state index contributed by atoms with van der Waals surface area (Å²) < 4.78 is 10.7. The summed E-state index contributed by atoms with van der Waals surface area (Å²) in [5.41, 5.74) is 0.245. The summed E-state index contributed by atoms with van der Waals surface area (Å²) >= 11 is 0. The Hall–Kier alpha value is -2.28. The van der Waals surface area contributed by atoms with Crippen molar-refractivity contribution in [1.29, 1.82) is 0 Å². The number of ether oxygens (including phenoxy) is 2. The Morgan fingerprint density at radius 1 is 1.32 bits per heavy atom. The molecule has 1 heterocycles. The minimum atomic E-state index is -1.64. The predicted octanol–water partition coefficient (Wildman–Crippen LogP) is -0.367. The lowest BCUT2D eigenvalue weighted by Crippen LogP contribution is -2.36. The molecule has 7 heteroatoms. The Kier molecular flexibility index (Phi) is 3.86. The van der Waals surface area contributed by atoms with Crippen molar-refractivity contribution in [2.75, 3.05) is 19.8 Å². The molecule has 1 aliphatic rings. The summed E-state index contributed by atoms with van der Waals surface area (Å²) in [5, 5.41) is 19.9. The first-order valence-electron chi connectivity index (χ1n) is 5.67. The maximum absolute atomic E-state index is 11.9. The molecule has 3 N–H and O–H groups in total. The molecule has 1 aromatic carbocycles. The average Bonchev–Trinajstić information content (AvgIpc) is 2.43. The number of para-hydroxylation sites is 1. The van der Waals surface area contributed by atoms with Crippen molar-refractivity contribution in [3.8, 4) is 11.5 Å². The number of carboxylic acid groups (broad SMARTS) is 1. The molecule has 1 unspecified atom stereocenters. The minimum Gasteiger partial charge on any atom is -0.486 e. The summed E-state index contributed by atoms with van der Waals surface area (Å²) in [6.07, 6.45) is -1.64. The van der Waals surface area contributed by atoms with Crippen LogP contribution in [-0.4, -0.2) is 48.0 Å². The van der Waals surface area contributed by atoms with E-state index in [-0.39, 0.29) is 12.1 Å². The van der Waals surface area contributed by atoms with Gasteiger partial charge in [0.1, 0.15) is 13.2 Å². The number of carboxylic acids is 1. The number of nitrogens with one attached hydrogen (secondary N) is 1. The zero-order valence-corrected chi connectivity index (χ0v) is 9.96.